The molecule has 1 saturated heterocycles. The Labute approximate surface area is 96.4 Å². The molecule has 0 N–H and O–H groups in total. The van der Waals surface area contributed by atoms with E-state index < -0.39 is 0 Å². The molecular formula is C12H18N4. The van der Waals surface area contributed by atoms with E-state index in [-0.39, 0.29) is 0 Å². The van der Waals surface area contributed by atoms with Crippen molar-refractivity contribution < 1.29 is 0 Å². The Balaban J connectivity index is 2.04. The van der Waals surface area contributed by atoms with Gasteiger partial charge in [-0.3, -0.25) is 0 Å². The number of hydrogen-bond acceptors (Lipinski definition) is 3. The second kappa shape index (κ2) is 5.58. The van der Waals surface area contributed by atoms with E-state index in [1.165, 1.54) is 19.3 Å². The van der Waals surface area contributed by atoms with Gasteiger partial charge in [0.25, 0.3) is 5.95 Å². The summed E-state index contributed by atoms with van der Waals surface area (Å²) < 4.78 is 0. The highest BCUT2D eigenvalue weighted by Crippen LogP contribution is 2.15. The predicted molar refractivity (Wildman–Crippen MR) is 64.8 cm³/mol. The number of likely N-dealkylation sites (tertiary alicyclic amines) is 1. The standard InChI is InChI=1S/C12H18N4/c1-2-3-9-16-10-4-6-11(16)15-12-13-7-5-8-14-12/h5,7-8H,2-4,6,9-10H2,1H3/b15-11-. The first-order chi connectivity index (χ1) is 7.90. The Hall–Kier alpha value is -1.45. The summed E-state index contributed by atoms with van der Waals surface area (Å²) in [5.41, 5.74) is 0. The molecule has 0 spiro atoms. The zero-order valence-corrected chi connectivity index (χ0v) is 9.76. The molecule has 0 saturated carbocycles. The molecule has 4 heteroatoms. The number of amidine groups is 1. The van der Waals surface area contributed by atoms with Gasteiger partial charge in [0.15, 0.2) is 0 Å². The van der Waals surface area contributed by atoms with Gasteiger partial charge in [-0.15, -0.1) is 0 Å². The molecule has 0 bridgehead atoms. The molecule has 1 fully saturated rings. The third kappa shape index (κ3) is 2.78. The highest BCUT2D eigenvalue weighted by molar-refractivity contribution is 5.85. The lowest BCUT2D eigenvalue weighted by atomic mass is 10.3. The Morgan fingerprint density at radius 2 is 2.19 bits per heavy atom. The van der Waals surface area contributed by atoms with E-state index in [1.807, 2.05) is 6.07 Å². The maximum atomic E-state index is 4.51. The average molecular weight is 218 g/mol. The van der Waals surface area contributed by atoms with Gasteiger partial charge < -0.3 is 4.90 Å². The quantitative estimate of drug-likeness (QED) is 0.779. The number of aromatic nitrogens is 2. The Morgan fingerprint density at radius 1 is 1.38 bits per heavy atom. The fourth-order valence-electron chi connectivity index (χ4n) is 1.90. The van der Waals surface area contributed by atoms with Gasteiger partial charge in [-0.05, 0) is 18.9 Å². The summed E-state index contributed by atoms with van der Waals surface area (Å²) in [4.78, 5) is 15.1. The van der Waals surface area contributed by atoms with Gasteiger partial charge >= 0.3 is 0 Å². The molecule has 0 aromatic carbocycles. The van der Waals surface area contributed by atoms with Crippen LogP contribution in [0.2, 0.25) is 0 Å². The van der Waals surface area contributed by atoms with Crippen LogP contribution in [-0.2, 0) is 0 Å². The van der Waals surface area contributed by atoms with Gasteiger partial charge in [0, 0.05) is 31.9 Å². The van der Waals surface area contributed by atoms with Crippen LogP contribution in [0.3, 0.4) is 0 Å². The normalized spacial score (nSPS) is 18.3. The van der Waals surface area contributed by atoms with Gasteiger partial charge in [0.2, 0.25) is 0 Å². The molecule has 1 aliphatic rings. The molecule has 0 atom stereocenters. The van der Waals surface area contributed by atoms with Crippen LogP contribution in [0.25, 0.3) is 0 Å². The summed E-state index contributed by atoms with van der Waals surface area (Å²) in [5.74, 6) is 1.74. The van der Waals surface area contributed by atoms with Gasteiger partial charge in [0.1, 0.15) is 5.84 Å². The van der Waals surface area contributed by atoms with E-state index in [4.69, 9.17) is 0 Å². The molecule has 0 aliphatic carbocycles. The Kier molecular flexibility index (Phi) is 3.86. The molecular weight excluding hydrogens is 200 g/mol. The molecule has 0 radical (unpaired) electrons. The molecule has 2 rings (SSSR count). The van der Waals surface area contributed by atoms with Crippen molar-refractivity contribution in [3.8, 4) is 0 Å². The minimum absolute atomic E-state index is 0.584. The lowest BCUT2D eigenvalue weighted by molar-refractivity contribution is 0.439. The smallest absolute Gasteiger partial charge is 0.250 e. The Morgan fingerprint density at radius 3 is 2.94 bits per heavy atom. The summed E-state index contributed by atoms with van der Waals surface area (Å²) in [6.07, 6.45) is 8.19. The predicted octanol–water partition coefficient (Wildman–Crippen LogP) is 2.40. The van der Waals surface area contributed by atoms with Gasteiger partial charge in [-0.1, -0.05) is 13.3 Å². The van der Waals surface area contributed by atoms with Crippen LogP contribution in [0, 0.1) is 0 Å². The maximum absolute atomic E-state index is 4.51. The largest absolute Gasteiger partial charge is 0.360 e. The minimum Gasteiger partial charge on any atom is -0.360 e. The van der Waals surface area contributed by atoms with Crippen LogP contribution < -0.4 is 0 Å². The molecule has 1 aromatic heterocycles. The first-order valence-corrected chi connectivity index (χ1v) is 5.99. The minimum atomic E-state index is 0.584. The lowest BCUT2D eigenvalue weighted by Crippen LogP contribution is -2.25. The summed E-state index contributed by atoms with van der Waals surface area (Å²) in [7, 11) is 0. The number of nitrogens with zero attached hydrogens (tertiary/aromatic N) is 4. The fourth-order valence-corrected chi connectivity index (χ4v) is 1.90. The van der Waals surface area contributed by atoms with Crippen molar-refractivity contribution in [2.45, 2.75) is 32.6 Å². The zero-order chi connectivity index (χ0) is 11.2. The monoisotopic (exact) mass is 218 g/mol. The van der Waals surface area contributed by atoms with Crippen molar-refractivity contribution in [2.24, 2.45) is 4.99 Å². The molecule has 2 heterocycles. The van der Waals surface area contributed by atoms with Crippen LogP contribution in [0.15, 0.2) is 23.5 Å². The molecule has 86 valence electrons. The maximum Gasteiger partial charge on any atom is 0.250 e. The van der Waals surface area contributed by atoms with Gasteiger partial charge in [-0.25, -0.2) is 9.97 Å². The topological polar surface area (TPSA) is 41.4 Å². The highest BCUT2D eigenvalue weighted by atomic mass is 15.2. The van der Waals surface area contributed by atoms with Crippen LogP contribution in [0.1, 0.15) is 32.6 Å². The molecule has 0 unspecified atom stereocenters. The van der Waals surface area contributed by atoms with Crippen LogP contribution in [0.4, 0.5) is 5.95 Å². The first-order valence-electron chi connectivity index (χ1n) is 5.99. The van der Waals surface area contributed by atoms with E-state index >= 15 is 0 Å². The number of aliphatic imine (C=N–C) groups is 1. The second-order valence-electron chi connectivity index (χ2n) is 4.02. The summed E-state index contributed by atoms with van der Waals surface area (Å²) in [6, 6.07) is 1.81. The van der Waals surface area contributed by atoms with E-state index in [9.17, 15) is 0 Å². The molecule has 0 amide bonds. The van der Waals surface area contributed by atoms with Crippen LogP contribution in [0.5, 0.6) is 0 Å². The van der Waals surface area contributed by atoms with Crippen molar-refractivity contribution in [2.75, 3.05) is 13.1 Å². The molecule has 16 heavy (non-hydrogen) atoms. The van der Waals surface area contributed by atoms with Gasteiger partial charge in [-0.2, -0.15) is 4.99 Å². The van der Waals surface area contributed by atoms with E-state index in [1.54, 1.807) is 12.4 Å². The van der Waals surface area contributed by atoms with Crippen LogP contribution in [-0.4, -0.2) is 33.8 Å². The third-order valence-corrected chi connectivity index (χ3v) is 2.76. The van der Waals surface area contributed by atoms with Crippen molar-refractivity contribution >= 4 is 11.8 Å². The van der Waals surface area contributed by atoms with Crippen molar-refractivity contribution in [1.29, 1.82) is 0 Å². The van der Waals surface area contributed by atoms with E-state index in [0.29, 0.717) is 5.95 Å². The molecule has 1 aromatic rings. The molecule has 1 aliphatic heterocycles. The summed E-state index contributed by atoms with van der Waals surface area (Å²) >= 11 is 0. The van der Waals surface area contributed by atoms with Crippen molar-refractivity contribution in [3.63, 3.8) is 0 Å². The van der Waals surface area contributed by atoms with Crippen molar-refractivity contribution in [1.82, 2.24) is 14.9 Å². The lowest BCUT2D eigenvalue weighted by Gasteiger charge is -2.17. The van der Waals surface area contributed by atoms with Crippen LogP contribution >= 0.6 is 0 Å². The summed E-state index contributed by atoms with van der Waals surface area (Å²) in [6.45, 7) is 4.46. The SMILES string of the molecule is CCCCN1CCC/C1=N/c1ncccn1. The summed E-state index contributed by atoms with van der Waals surface area (Å²) in [5, 5.41) is 0. The van der Waals surface area contributed by atoms with Crippen molar-refractivity contribution in [3.05, 3.63) is 18.5 Å². The number of unbranched alkanes of at least 4 members (excludes halogenated alkanes) is 1. The Bertz CT molecular complexity index is 347. The number of hydrogen-bond donors (Lipinski definition) is 0. The van der Waals surface area contributed by atoms with Gasteiger partial charge in [0.05, 0.1) is 0 Å². The molecule has 4 nitrogen and oxygen atoms in total. The zero-order valence-electron chi connectivity index (χ0n) is 9.76. The first kappa shape index (κ1) is 11.0. The fraction of sp³-hybridized carbons (Fsp3) is 0.583. The third-order valence-electron chi connectivity index (χ3n) is 2.76. The second-order valence-corrected chi connectivity index (χ2v) is 4.02. The number of rotatable bonds is 4. The van der Waals surface area contributed by atoms with E-state index in [0.717, 1.165) is 25.3 Å². The van der Waals surface area contributed by atoms with E-state index in [2.05, 4.69) is 26.8 Å². The highest BCUT2D eigenvalue weighted by Gasteiger charge is 2.17. The average Bonchev–Trinajstić information content (AvgIpc) is 2.75.